The van der Waals surface area contributed by atoms with Gasteiger partial charge in [-0.05, 0) is 25.8 Å². The van der Waals surface area contributed by atoms with Crippen molar-refractivity contribution in [3.63, 3.8) is 0 Å². The average Bonchev–Trinajstić information content (AvgIpc) is 3.05. The van der Waals surface area contributed by atoms with Gasteiger partial charge in [0.05, 0.1) is 12.3 Å². The van der Waals surface area contributed by atoms with E-state index in [1.165, 1.54) is 12.8 Å². The van der Waals surface area contributed by atoms with Gasteiger partial charge in [0.2, 0.25) is 10.0 Å². The summed E-state index contributed by atoms with van der Waals surface area (Å²) >= 11 is 0. The topological polar surface area (TPSA) is 76.0 Å². The van der Waals surface area contributed by atoms with Gasteiger partial charge < -0.3 is 9.88 Å². The third-order valence-electron chi connectivity index (χ3n) is 2.97. The zero-order valence-electron chi connectivity index (χ0n) is 10.6. The predicted molar refractivity (Wildman–Crippen MR) is 69.5 cm³/mol. The Kier molecular flexibility index (Phi) is 4.36. The summed E-state index contributed by atoms with van der Waals surface area (Å²) in [6.07, 6.45) is 6.55. The first-order valence-corrected chi connectivity index (χ1v) is 7.89. The molecule has 1 aliphatic carbocycles. The first-order chi connectivity index (χ1) is 8.57. The van der Waals surface area contributed by atoms with Crippen LogP contribution in [0, 0.1) is 0 Å². The van der Waals surface area contributed by atoms with E-state index in [9.17, 15) is 8.42 Å². The fraction of sp³-hybridized carbons (Fsp3) is 0.727. The molecule has 0 bridgehead atoms. The molecule has 0 radical (unpaired) electrons. The second kappa shape index (κ2) is 5.81. The van der Waals surface area contributed by atoms with Crippen molar-refractivity contribution in [2.75, 3.05) is 12.3 Å². The molecule has 0 amide bonds. The van der Waals surface area contributed by atoms with Gasteiger partial charge >= 0.3 is 0 Å². The number of hydrogen-bond donors (Lipinski definition) is 2. The smallest absolute Gasteiger partial charge is 0.212 e. The first-order valence-electron chi connectivity index (χ1n) is 6.24. The van der Waals surface area contributed by atoms with Crippen molar-refractivity contribution in [1.29, 1.82) is 0 Å². The normalized spacial score (nSPS) is 16.1. The quantitative estimate of drug-likeness (QED) is 0.652. The number of hydrogen-bond acceptors (Lipinski definition) is 4. The zero-order valence-corrected chi connectivity index (χ0v) is 11.4. The summed E-state index contributed by atoms with van der Waals surface area (Å²) in [6, 6.07) is 0.633. The molecule has 1 fully saturated rings. The van der Waals surface area contributed by atoms with E-state index in [2.05, 4.69) is 15.0 Å². The fourth-order valence-electron chi connectivity index (χ4n) is 1.67. The van der Waals surface area contributed by atoms with E-state index in [-0.39, 0.29) is 12.3 Å². The molecule has 0 unspecified atom stereocenters. The zero-order chi connectivity index (χ0) is 13.0. The second-order valence-corrected chi connectivity index (χ2v) is 6.60. The summed E-state index contributed by atoms with van der Waals surface area (Å²) in [6.45, 7) is 1.02. The Morgan fingerprint density at radius 1 is 1.50 bits per heavy atom. The van der Waals surface area contributed by atoms with Crippen molar-refractivity contribution in [3.8, 4) is 0 Å². The van der Waals surface area contributed by atoms with E-state index >= 15 is 0 Å². The summed E-state index contributed by atoms with van der Waals surface area (Å²) in [5.41, 5.74) is 0. The lowest BCUT2D eigenvalue weighted by Crippen LogP contribution is -2.29. The molecule has 0 atom stereocenters. The molecular weight excluding hydrogens is 252 g/mol. The van der Waals surface area contributed by atoms with Crippen LogP contribution in [0.15, 0.2) is 12.4 Å². The van der Waals surface area contributed by atoms with Crippen LogP contribution < -0.4 is 10.0 Å². The number of nitrogens with one attached hydrogen (secondary N) is 2. The van der Waals surface area contributed by atoms with Crippen LogP contribution in [0.2, 0.25) is 0 Å². The van der Waals surface area contributed by atoms with Crippen LogP contribution in [0.4, 0.5) is 0 Å². The average molecular weight is 272 g/mol. The van der Waals surface area contributed by atoms with E-state index < -0.39 is 10.0 Å². The van der Waals surface area contributed by atoms with Crippen molar-refractivity contribution < 1.29 is 8.42 Å². The molecule has 1 saturated carbocycles. The van der Waals surface area contributed by atoms with Crippen molar-refractivity contribution in [2.24, 2.45) is 7.05 Å². The van der Waals surface area contributed by atoms with Gasteiger partial charge in [0, 0.05) is 25.5 Å². The molecule has 6 nitrogen and oxygen atoms in total. The molecule has 2 N–H and O–H groups in total. The van der Waals surface area contributed by atoms with Crippen LogP contribution in [-0.2, 0) is 23.6 Å². The van der Waals surface area contributed by atoms with Gasteiger partial charge in [-0.3, -0.25) is 0 Å². The molecule has 2 rings (SSSR count). The Bertz CT molecular complexity index is 479. The van der Waals surface area contributed by atoms with Crippen molar-refractivity contribution in [1.82, 2.24) is 19.6 Å². The fourth-order valence-corrected chi connectivity index (χ4v) is 2.69. The standard InChI is InChI=1S/C11H20N4O2S/c1-15-7-6-13-11(15)9-14-18(16,17)8-2-5-12-10-3-4-10/h6-7,10,12,14H,2-5,8-9H2,1H3. The van der Waals surface area contributed by atoms with Gasteiger partial charge in [-0.2, -0.15) is 0 Å². The molecule has 0 aromatic carbocycles. The number of imidazole rings is 1. The number of sulfonamides is 1. The highest BCUT2D eigenvalue weighted by molar-refractivity contribution is 7.89. The van der Waals surface area contributed by atoms with Gasteiger partial charge in [-0.25, -0.2) is 18.1 Å². The van der Waals surface area contributed by atoms with Gasteiger partial charge in [0.15, 0.2) is 0 Å². The molecule has 1 aliphatic rings. The highest BCUT2D eigenvalue weighted by Gasteiger charge is 2.20. The van der Waals surface area contributed by atoms with E-state index in [0.29, 0.717) is 12.5 Å². The molecular formula is C11H20N4O2S. The molecule has 0 spiro atoms. The third kappa shape index (κ3) is 4.40. The molecule has 1 aromatic rings. The third-order valence-corrected chi connectivity index (χ3v) is 4.38. The van der Waals surface area contributed by atoms with E-state index in [4.69, 9.17) is 0 Å². The molecule has 102 valence electrons. The Morgan fingerprint density at radius 3 is 2.89 bits per heavy atom. The maximum atomic E-state index is 11.7. The lowest BCUT2D eigenvalue weighted by atomic mass is 10.5. The number of aromatic nitrogens is 2. The summed E-state index contributed by atoms with van der Waals surface area (Å²) in [4.78, 5) is 4.07. The first kappa shape index (κ1) is 13.5. The highest BCUT2D eigenvalue weighted by Crippen LogP contribution is 2.18. The largest absolute Gasteiger partial charge is 0.337 e. The maximum absolute atomic E-state index is 11.7. The van der Waals surface area contributed by atoms with E-state index in [1.54, 1.807) is 17.0 Å². The van der Waals surface area contributed by atoms with Gasteiger partial charge in [0.1, 0.15) is 5.82 Å². The molecule has 18 heavy (non-hydrogen) atoms. The maximum Gasteiger partial charge on any atom is 0.212 e. The van der Waals surface area contributed by atoms with Crippen molar-refractivity contribution in [3.05, 3.63) is 18.2 Å². The van der Waals surface area contributed by atoms with Gasteiger partial charge in [0.25, 0.3) is 0 Å². The molecule has 1 aromatic heterocycles. The number of nitrogens with zero attached hydrogens (tertiary/aromatic N) is 2. The van der Waals surface area contributed by atoms with Crippen molar-refractivity contribution >= 4 is 10.0 Å². The Hall–Kier alpha value is -0.920. The van der Waals surface area contributed by atoms with Gasteiger partial charge in [-0.1, -0.05) is 0 Å². The summed E-state index contributed by atoms with van der Waals surface area (Å²) in [5, 5.41) is 3.30. The monoisotopic (exact) mass is 272 g/mol. The summed E-state index contributed by atoms with van der Waals surface area (Å²) in [5.74, 6) is 0.881. The van der Waals surface area contributed by atoms with Crippen LogP contribution in [-0.4, -0.2) is 36.3 Å². The Labute approximate surface area is 108 Å². The summed E-state index contributed by atoms with van der Waals surface area (Å²) in [7, 11) is -1.35. The Balaban J connectivity index is 1.67. The SMILES string of the molecule is Cn1ccnc1CNS(=O)(=O)CCCNC1CC1. The Morgan fingerprint density at radius 2 is 2.28 bits per heavy atom. The predicted octanol–water partition coefficient (Wildman–Crippen LogP) is -0.0184. The van der Waals surface area contributed by atoms with E-state index in [1.807, 2.05) is 7.05 Å². The lowest BCUT2D eigenvalue weighted by Gasteiger charge is -2.07. The minimum Gasteiger partial charge on any atom is -0.337 e. The van der Waals surface area contributed by atoms with Crippen LogP contribution >= 0.6 is 0 Å². The minimum absolute atomic E-state index is 0.164. The summed E-state index contributed by atoms with van der Waals surface area (Å²) < 4.78 is 27.8. The lowest BCUT2D eigenvalue weighted by molar-refractivity contribution is 0.571. The number of aryl methyl sites for hydroxylation is 1. The van der Waals surface area contributed by atoms with E-state index in [0.717, 1.165) is 12.4 Å². The second-order valence-electron chi connectivity index (χ2n) is 4.68. The van der Waals surface area contributed by atoms with Crippen LogP contribution in [0.5, 0.6) is 0 Å². The van der Waals surface area contributed by atoms with Crippen LogP contribution in [0.25, 0.3) is 0 Å². The molecule has 0 saturated heterocycles. The van der Waals surface area contributed by atoms with Crippen molar-refractivity contribution in [2.45, 2.75) is 31.8 Å². The van der Waals surface area contributed by atoms with Crippen LogP contribution in [0.3, 0.4) is 0 Å². The number of rotatable bonds is 8. The highest BCUT2D eigenvalue weighted by atomic mass is 32.2. The molecule has 7 heteroatoms. The molecule has 0 aliphatic heterocycles. The van der Waals surface area contributed by atoms with Gasteiger partial charge in [-0.15, -0.1) is 0 Å². The minimum atomic E-state index is -3.20. The van der Waals surface area contributed by atoms with Crippen LogP contribution in [0.1, 0.15) is 25.1 Å². The molecule has 1 heterocycles.